The Hall–Kier alpha value is 0.430. The van der Waals surface area contributed by atoms with Gasteiger partial charge in [-0.15, -0.1) is 9.24 Å². The second-order valence-electron chi connectivity index (χ2n) is 4.23. The summed E-state index contributed by atoms with van der Waals surface area (Å²) in [6.45, 7) is 7.07. The van der Waals surface area contributed by atoms with Crippen molar-refractivity contribution >= 4 is 9.24 Å². The maximum Gasteiger partial charge on any atom is -0.0147 e. The van der Waals surface area contributed by atoms with Gasteiger partial charge in [-0.3, -0.25) is 0 Å². The largest absolute Gasteiger partial charge is 0.131 e. The van der Waals surface area contributed by atoms with E-state index in [9.17, 15) is 0 Å². The van der Waals surface area contributed by atoms with Gasteiger partial charge < -0.3 is 0 Å². The molecule has 0 radical (unpaired) electrons. The molecule has 4 unspecified atom stereocenters. The molecule has 0 saturated heterocycles. The van der Waals surface area contributed by atoms with Crippen LogP contribution in [0.5, 0.6) is 0 Å². The molecule has 1 rings (SSSR count). The van der Waals surface area contributed by atoms with Crippen LogP contribution < -0.4 is 0 Å². The lowest BCUT2D eigenvalue weighted by Gasteiger charge is -2.29. The third-order valence-electron chi connectivity index (χ3n) is 3.43. The Morgan fingerprint density at radius 1 is 1.36 bits per heavy atom. The molecule has 0 spiro atoms. The molecule has 0 nitrogen and oxygen atoms in total. The molecule has 66 valence electrons. The van der Waals surface area contributed by atoms with Crippen LogP contribution in [0.3, 0.4) is 0 Å². The SMILES string of the molecule is CCC1CCC(C)(P)C1CC. The Kier molecular flexibility index (Phi) is 2.97. The molecule has 1 aliphatic rings. The fourth-order valence-corrected chi connectivity index (χ4v) is 3.38. The minimum Gasteiger partial charge on any atom is -0.131 e. The van der Waals surface area contributed by atoms with Gasteiger partial charge in [0.05, 0.1) is 0 Å². The van der Waals surface area contributed by atoms with Crippen molar-refractivity contribution in [3.05, 3.63) is 0 Å². The molecule has 0 amide bonds. The Morgan fingerprint density at radius 2 is 2.00 bits per heavy atom. The van der Waals surface area contributed by atoms with Gasteiger partial charge in [0.15, 0.2) is 0 Å². The number of hydrogen-bond donors (Lipinski definition) is 0. The molecule has 11 heavy (non-hydrogen) atoms. The minimum absolute atomic E-state index is 0.551. The molecule has 0 aromatic heterocycles. The van der Waals surface area contributed by atoms with Gasteiger partial charge in [0.2, 0.25) is 0 Å². The van der Waals surface area contributed by atoms with Gasteiger partial charge in [-0.25, -0.2) is 0 Å². The smallest absolute Gasteiger partial charge is 0.0147 e. The third-order valence-corrected chi connectivity index (χ3v) is 4.15. The lowest BCUT2D eigenvalue weighted by molar-refractivity contribution is 0.331. The molecule has 0 N–H and O–H groups in total. The summed E-state index contributed by atoms with van der Waals surface area (Å²) in [5.41, 5.74) is 0. The molecule has 0 aromatic carbocycles. The van der Waals surface area contributed by atoms with E-state index in [-0.39, 0.29) is 0 Å². The van der Waals surface area contributed by atoms with E-state index in [0.717, 1.165) is 11.8 Å². The van der Waals surface area contributed by atoms with Gasteiger partial charge in [0.25, 0.3) is 0 Å². The van der Waals surface area contributed by atoms with Crippen molar-refractivity contribution in [2.75, 3.05) is 0 Å². The maximum atomic E-state index is 3.07. The van der Waals surface area contributed by atoms with Crippen LogP contribution >= 0.6 is 9.24 Å². The summed E-state index contributed by atoms with van der Waals surface area (Å²) in [6.07, 6.45) is 5.60. The summed E-state index contributed by atoms with van der Waals surface area (Å²) in [5.74, 6) is 1.96. The van der Waals surface area contributed by atoms with Crippen molar-refractivity contribution in [2.24, 2.45) is 11.8 Å². The van der Waals surface area contributed by atoms with Crippen molar-refractivity contribution in [1.82, 2.24) is 0 Å². The zero-order valence-electron chi connectivity index (χ0n) is 8.06. The van der Waals surface area contributed by atoms with Gasteiger partial charge in [0, 0.05) is 0 Å². The summed E-state index contributed by atoms with van der Waals surface area (Å²) in [7, 11) is 3.07. The van der Waals surface area contributed by atoms with Crippen molar-refractivity contribution in [1.29, 1.82) is 0 Å². The zero-order chi connectivity index (χ0) is 8.48. The van der Waals surface area contributed by atoms with Crippen LogP contribution in [-0.4, -0.2) is 5.16 Å². The number of hydrogen-bond acceptors (Lipinski definition) is 0. The van der Waals surface area contributed by atoms with Crippen molar-refractivity contribution in [3.63, 3.8) is 0 Å². The van der Waals surface area contributed by atoms with Gasteiger partial charge in [-0.1, -0.05) is 33.6 Å². The first kappa shape index (κ1) is 9.52. The quantitative estimate of drug-likeness (QED) is 0.559. The first-order valence-electron chi connectivity index (χ1n) is 4.90. The van der Waals surface area contributed by atoms with E-state index in [0.29, 0.717) is 5.16 Å². The van der Waals surface area contributed by atoms with Gasteiger partial charge in [0.1, 0.15) is 0 Å². The van der Waals surface area contributed by atoms with E-state index in [1.54, 1.807) is 0 Å². The molecule has 0 heterocycles. The summed E-state index contributed by atoms with van der Waals surface area (Å²) in [4.78, 5) is 0. The van der Waals surface area contributed by atoms with E-state index < -0.39 is 0 Å². The van der Waals surface area contributed by atoms with Crippen LogP contribution in [0.4, 0.5) is 0 Å². The van der Waals surface area contributed by atoms with Crippen molar-refractivity contribution in [2.45, 2.75) is 51.6 Å². The second-order valence-corrected chi connectivity index (χ2v) is 5.55. The highest BCUT2D eigenvalue weighted by molar-refractivity contribution is 7.19. The second kappa shape index (κ2) is 3.44. The summed E-state index contributed by atoms with van der Waals surface area (Å²) < 4.78 is 0. The summed E-state index contributed by atoms with van der Waals surface area (Å²) >= 11 is 0. The van der Waals surface area contributed by atoms with Crippen LogP contribution in [0, 0.1) is 11.8 Å². The topological polar surface area (TPSA) is 0 Å². The van der Waals surface area contributed by atoms with E-state index in [2.05, 4.69) is 30.0 Å². The highest BCUT2D eigenvalue weighted by Gasteiger charge is 2.39. The maximum absolute atomic E-state index is 3.07. The molecule has 4 atom stereocenters. The van der Waals surface area contributed by atoms with Crippen LogP contribution in [-0.2, 0) is 0 Å². The molecule has 0 bridgehead atoms. The lowest BCUT2D eigenvalue weighted by atomic mass is 9.86. The predicted molar refractivity (Wildman–Crippen MR) is 54.9 cm³/mol. The highest BCUT2D eigenvalue weighted by atomic mass is 31.0. The Balaban J connectivity index is 2.63. The zero-order valence-corrected chi connectivity index (χ0v) is 9.22. The molecule has 1 heteroatoms. The predicted octanol–water partition coefficient (Wildman–Crippen LogP) is 3.47. The van der Waals surface area contributed by atoms with Gasteiger partial charge in [-0.2, -0.15) is 0 Å². The van der Waals surface area contributed by atoms with Crippen molar-refractivity contribution < 1.29 is 0 Å². The fraction of sp³-hybridized carbons (Fsp3) is 1.00. The average Bonchev–Trinajstić information content (AvgIpc) is 2.24. The fourth-order valence-electron chi connectivity index (χ4n) is 2.71. The lowest BCUT2D eigenvalue weighted by Crippen LogP contribution is -2.24. The van der Waals surface area contributed by atoms with Crippen LogP contribution in [0.15, 0.2) is 0 Å². The summed E-state index contributed by atoms with van der Waals surface area (Å²) in [6, 6.07) is 0. The molecule has 1 fully saturated rings. The van der Waals surface area contributed by atoms with Crippen molar-refractivity contribution in [3.8, 4) is 0 Å². The average molecular weight is 172 g/mol. The normalized spacial score (nSPS) is 44.7. The van der Waals surface area contributed by atoms with Crippen LogP contribution in [0.1, 0.15) is 46.5 Å². The number of rotatable bonds is 2. The molecule has 0 aliphatic heterocycles. The van der Waals surface area contributed by atoms with E-state index in [4.69, 9.17) is 0 Å². The summed E-state index contributed by atoms with van der Waals surface area (Å²) in [5, 5.41) is 0.551. The first-order valence-corrected chi connectivity index (χ1v) is 5.48. The molecule has 0 aromatic rings. The van der Waals surface area contributed by atoms with Crippen LogP contribution in [0.2, 0.25) is 0 Å². The Morgan fingerprint density at radius 3 is 2.36 bits per heavy atom. The highest BCUT2D eigenvalue weighted by Crippen LogP contribution is 2.48. The standard InChI is InChI=1S/C10H21P/c1-4-8-6-7-10(3,11)9(8)5-2/h8-9H,4-7,11H2,1-3H3. The third kappa shape index (κ3) is 1.78. The minimum atomic E-state index is 0.551. The Labute approximate surface area is 73.3 Å². The molecule has 1 aliphatic carbocycles. The molecule has 1 saturated carbocycles. The molecular weight excluding hydrogens is 151 g/mol. The monoisotopic (exact) mass is 172 g/mol. The van der Waals surface area contributed by atoms with E-state index in [1.165, 1.54) is 25.7 Å². The Bertz CT molecular complexity index is 129. The van der Waals surface area contributed by atoms with Gasteiger partial charge in [-0.05, 0) is 29.8 Å². The van der Waals surface area contributed by atoms with E-state index >= 15 is 0 Å². The van der Waals surface area contributed by atoms with Crippen LogP contribution in [0.25, 0.3) is 0 Å². The first-order chi connectivity index (χ1) is 5.11. The van der Waals surface area contributed by atoms with Gasteiger partial charge >= 0.3 is 0 Å². The van der Waals surface area contributed by atoms with E-state index in [1.807, 2.05) is 0 Å². The molecular formula is C10H21P.